The second kappa shape index (κ2) is 16.7. The Balaban J connectivity index is 0.000000183. The SMILES string of the molecule is C[Si](C)(C)c1cnc(-c2[c-]cccc2)cc1CC1CC2CCC1C2.Cc1cc(C)c(-n2c(-c3[c-]cc(C)c4c3oc3nc(C(C)(C)C)ccc34)nc3cnc(C)cc32)c(C)c1.[Ir]. The first kappa shape index (κ1) is 43.9. The van der Waals surface area contributed by atoms with Crippen LogP contribution >= 0.6 is 0 Å². The molecule has 0 saturated heterocycles. The number of imidazole rings is 1. The van der Waals surface area contributed by atoms with E-state index in [2.05, 4.69) is 145 Å². The molecule has 2 saturated carbocycles. The monoisotopic (exact) mass is 1010 g/mol. The largest absolute Gasteiger partial charge is 0.486 e. The van der Waals surface area contributed by atoms with E-state index in [9.17, 15) is 0 Å². The topological polar surface area (TPSA) is 69.6 Å². The van der Waals surface area contributed by atoms with Gasteiger partial charge in [0.05, 0.1) is 36.7 Å². The number of aryl methyl sites for hydroxylation is 5. The minimum Gasteiger partial charge on any atom is -0.486 e. The van der Waals surface area contributed by atoms with Crippen molar-refractivity contribution in [1.29, 1.82) is 0 Å². The van der Waals surface area contributed by atoms with E-state index in [4.69, 9.17) is 19.4 Å². The molecule has 0 N–H and O–H groups in total. The average Bonchev–Trinajstić information content (AvgIpc) is 4.00. The molecule has 0 amide bonds. The molecule has 5 aromatic heterocycles. The maximum Gasteiger partial charge on any atom is 0.216 e. The van der Waals surface area contributed by atoms with E-state index in [-0.39, 0.29) is 25.5 Å². The number of hydrogen-bond donors (Lipinski definition) is 0. The van der Waals surface area contributed by atoms with Crippen LogP contribution in [-0.2, 0) is 31.9 Å². The van der Waals surface area contributed by atoms with Crippen LogP contribution in [0.2, 0.25) is 19.6 Å². The van der Waals surface area contributed by atoms with Crippen molar-refractivity contribution in [2.45, 2.75) is 113 Å². The molecule has 6 nitrogen and oxygen atoms in total. The third-order valence-corrected chi connectivity index (χ3v) is 15.4. The number of pyridine rings is 3. The van der Waals surface area contributed by atoms with Crippen LogP contribution in [-0.4, -0.2) is 32.6 Å². The molecule has 0 spiro atoms. The number of nitrogens with zero attached hydrogens (tertiary/aromatic N) is 5. The Morgan fingerprint density at radius 1 is 0.839 bits per heavy atom. The van der Waals surface area contributed by atoms with E-state index in [0.717, 1.165) is 90.4 Å². The summed E-state index contributed by atoms with van der Waals surface area (Å²) in [6.45, 7) is 24.4. The molecule has 8 aromatic rings. The van der Waals surface area contributed by atoms with Gasteiger partial charge in [-0.15, -0.1) is 53.6 Å². The van der Waals surface area contributed by atoms with Gasteiger partial charge < -0.3 is 14.0 Å². The van der Waals surface area contributed by atoms with Crippen LogP contribution in [0.3, 0.4) is 0 Å². The Morgan fingerprint density at radius 3 is 2.27 bits per heavy atom. The van der Waals surface area contributed by atoms with Gasteiger partial charge in [0.1, 0.15) is 0 Å². The van der Waals surface area contributed by atoms with Crippen LogP contribution in [0.5, 0.6) is 0 Å². The second-order valence-corrected chi connectivity index (χ2v) is 25.2. The molecule has 3 atom stereocenters. The van der Waals surface area contributed by atoms with Crippen molar-refractivity contribution >= 4 is 46.4 Å². The fraction of sp³-hybridized carbons (Fsp3) is 0.370. The number of furan rings is 1. The van der Waals surface area contributed by atoms with Gasteiger partial charge in [-0.3, -0.25) is 9.97 Å². The quantitative estimate of drug-likeness (QED) is 0.123. The first-order valence-electron chi connectivity index (χ1n) is 22.2. The second-order valence-electron chi connectivity index (χ2n) is 20.2. The molecule has 2 aliphatic rings. The Morgan fingerprint density at radius 2 is 1.61 bits per heavy atom. The molecule has 321 valence electrons. The van der Waals surface area contributed by atoms with Gasteiger partial charge in [-0.2, -0.15) is 0 Å². The van der Waals surface area contributed by atoms with Crippen LogP contribution < -0.4 is 5.19 Å². The molecule has 0 aliphatic heterocycles. The van der Waals surface area contributed by atoms with Gasteiger partial charge in [0.15, 0.2) is 0 Å². The van der Waals surface area contributed by atoms with Crippen LogP contribution in [0.15, 0.2) is 83.5 Å². The third-order valence-electron chi connectivity index (χ3n) is 13.3. The summed E-state index contributed by atoms with van der Waals surface area (Å²) < 4.78 is 8.78. The summed E-state index contributed by atoms with van der Waals surface area (Å²) >= 11 is 0. The van der Waals surface area contributed by atoms with Crippen LogP contribution in [0.1, 0.15) is 85.7 Å². The first-order valence-corrected chi connectivity index (χ1v) is 25.7. The number of benzene rings is 3. The van der Waals surface area contributed by atoms with E-state index in [1.165, 1.54) is 48.8 Å². The minimum atomic E-state index is -1.37. The zero-order valence-electron chi connectivity index (χ0n) is 38.3. The van der Waals surface area contributed by atoms with Crippen molar-refractivity contribution in [3.63, 3.8) is 0 Å². The van der Waals surface area contributed by atoms with Gasteiger partial charge in [0.25, 0.3) is 0 Å². The molecule has 10 rings (SSSR count). The van der Waals surface area contributed by atoms with Crippen molar-refractivity contribution in [1.82, 2.24) is 24.5 Å². The predicted octanol–water partition coefficient (Wildman–Crippen LogP) is 13.1. The molecule has 3 aromatic carbocycles. The van der Waals surface area contributed by atoms with Crippen LogP contribution in [0.25, 0.3) is 61.4 Å². The summed E-state index contributed by atoms with van der Waals surface area (Å²) in [6.07, 6.45) is 11.2. The van der Waals surface area contributed by atoms with Gasteiger partial charge in [0.2, 0.25) is 5.71 Å². The van der Waals surface area contributed by atoms with Crippen molar-refractivity contribution in [2.75, 3.05) is 0 Å². The zero-order chi connectivity index (χ0) is 43.0. The normalized spacial score (nSPS) is 17.4. The molecule has 2 bridgehead atoms. The summed E-state index contributed by atoms with van der Waals surface area (Å²) in [5, 5.41) is 3.63. The summed E-state index contributed by atoms with van der Waals surface area (Å²) in [7, 11) is -1.37. The summed E-state index contributed by atoms with van der Waals surface area (Å²) in [6, 6.07) is 30.3. The summed E-state index contributed by atoms with van der Waals surface area (Å²) in [5.74, 6) is 3.72. The van der Waals surface area contributed by atoms with Gasteiger partial charge in [0, 0.05) is 54.2 Å². The molecule has 62 heavy (non-hydrogen) atoms. The number of rotatable bonds is 6. The van der Waals surface area contributed by atoms with E-state index in [0.29, 0.717) is 5.71 Å². The third kappa shape index (κ3) is 8.27. The molecular formula is C54H59IrN5OSi-2. The molecule has 8 heteroatoms. The molecule has 1 radical (unpaired) electrons. The molecule has 2 aliphatic carbocycles. The Kier molecular flexibility index (Phi) is 11.9. The van der Waals surface area contributed by atoms with E-state index < -0.39 is 8.07 Å². The number of aromatic nitrogens is 5. The molecule has 2 fully saturated rings. The Hall–Kier alpha value is -4.75. The molecule has 3 unspecified atom stereocenters. The van der Waals surface area contributed by atoms with Crippen LogP contribution in [0.4, 0.5) is 0 Å². The molecule has 5 heterocycles. The smallest absolute Gasteiger partial charge is 0.216 e. The minimum absolute atomic E-state index is 0. The van der Waals surface area contributed by atoms with Crippen molar-refractivity contribution in [2.24, 2.45) is 17.8 Å². The van der Waals surface area contributed by atoms with Crippen molar-refractivity contribution in [3.8, 4) is 28.3 Å². The van der Waals surface area contributed by atoms with E-state index in [1.54, 1.807) is 10.8 Å². The van der Waals surface area contributed by atoms with Crippen molar-refractivity contribution < 1.29 is 24.5 Å². The maximum atomic E-state index is 6.53. The first-order chi connectivity index (χ1) is 29.0. The van der Waals surface area contributed by atoms with Gasteiger partial charge >= 0.3 is 0 Å². The van der Waals surface area contributed by atoms with E-state index >= 15 is 0 Å². The fourth-order valence-electron chi connectivity index (χ4n) is 10.4. The Labute approximate surface area is 382 Å². The molecular weight excluding hydrogens is 955 g/mol. The number of fused-ring (bicyclic) bond motifs is 6. The standard InChI is InChI=1S/C32H31N4O.C22H28NSi.Ir/c1-17-13-19(3)28(20(4)14-17)36-25-15-21(5)33-16-24(25)34-30(36)23-10-9-18(2)27-22-11-12-26(32(6,7)8)35-31(22)37-29(23)27;1-24(2,3)22-15-23-21(17-7-5-4-6-8-17)14-20(22)13-19-12-16-9-10-18(19)11-16;/h9,11-16H,1-8H3;4-7,14-16,18-19H,9-13H2,1-3H3;/q2*-1;. The average molecular weight is 1010 g/mol. The Bertz CT molecular complexity index is 2930. The summed E-state index contributed by atoms with van der Waals surface area (Å²) in [4.78, 5) is 19.3. The fourth-order valence-corrected chi connectivity index (χ4v) is 12.0. The van der Waals surface area contributed by atoms with Gasteiger partial charge in [-0.1, -0.05) is 94.0 Å². The van der Waals surface area contributed by atoms with Gasteiger partial charge in [-0.05, 0) is 111 Å². The number of hydrogen-bond acceptors (Lipinski definition) is 5. The van der Waals surface area contributed by atoms with Crippen molar-refractivity contribution in [3.05, 3.63) is 130 Å². The maximum absolute atomic E-state index is 6.53. The van der Waals surface area contributed by atoms with E-state index in [1.807, 2.05) is 31.3 Å². The zero-order valence-corrected chi connectivity index (χ0v) is 41.6. The van der Waals surface area contributed by atoms with Gasteiger partial charge in [-0.25, -0.2) is 4.98 Å². The van der Waals surface area contributed by atoms with Crippen LogP contribution in [0, 0.1) is 64.5 Å². The predicted molar refractivity (Wildman–Crippen MR) is 255 cm³/mol. The summed E-state index contributed by atoms with van der Waals surface area (Å²) in [5.41, 5.74) is 15.6.